The molecule has 146 valence electrons. The van der Waals surface area contributed by atoms with Crippen LogP contribution in [0.5, 0.6) is 0 Å². The van der Waals surface area contributed by atoms with Crippen LogP contribution in [0.15, 0.2) is 30.6 Å². The molecule has 3 rings (SSSR count). The van der Waals surface area contributed by atoms with E-state index in [2.05, 4.69) is 15.1 Å². The number of aliphatic hydroxyl groups is 1. The topological polar surface area (TPSA) is 113 Å². The lowest BCUT2D eigenvalue weighted by molar-refractivity contribution is 0.0999. The predicted molar refractivity (Wildman–Crippen MR) is 104 cm³/mol. The van der Waals surface area contributed by atoms with Crippen LogP contribution >= 0.6 is 11.6 Å². The smallest absolute Gasteiger partial charge is 0.258 e. The van der Waals surface area contributed by atoms with E-state index in [0.29, 0.717) is 17.7 Å². The number of nitrogens with zero attached hydrogens (tertiary/aromatic N) is 2. The number of carbonyl (C=O) groups excluding carboxylic acids is 1. The van der Waals surface area contributed by atoms with Gasteiger partial charge in [0.2, 0.25) is 10.0 Å². The van der Waals surface area contributed by atoms with Gasteiger partial charge in [-0.05, 0) is 43.9 Å². The van der Waals surface area contributed by atoms with Crippen molar-refractivity contribution in [3.63, 3.8) is 0 Å². The SMILES string of the molecule is CS(=O)(=O)Nc1cc(Cl)cc(NC(=O)c2cnn([C@H]3CCC[C@@H](O)C3)c2)c1. The van der Waals surface area contributed by atoms with Gasteiger partial charge in [0.15, 0.2) is 0 Å². The Bertz CT molecular complexity index is 944. The van der Waals surface area contributed by atoms with Gasteiger partial charge >= 0.3 is 0 Å². The van der Waals surface area contributed by atoms with Crippen LogP contribution in [-0.4, -0.2) is 41.6 Å². The highest BCUT2D eigenvalue weighted by atomic mass is 35.5. The molecule has 1 aromatic carbocycles. The zero-order valence-electron chi connectivity index (χ0n) is 14.7. The normalized spacial score (nSPS) is 20.3. The summed E-state index contributed by atoms with van der Waals surface area (Å²) in [6.07, 6.45) is 7.07. The third kappa shape index (κ3) is 5.44. The molecule has 0 saturated heterocycles. The lowest BCUT2D eigenvalue weighted by Crippen LogP contribution is -2.22. The van der Waals surface area contributed by atoms with Crippen LogP contribution in [0.1, 0.15) is 42.1 Å². The summed E-state index contributed by atoms with van der Waals surface area (Å²) in [6, 6.07) is 4.53. The molecule has 2 aromatic rings. The average molecular weight is 413 g/mol. The fourth-order valence-electron chi connectivity index (χ4n) is 3.17. The Balaban J connectivity index is 1.72. The van der Waals surface area contributed by atoms with Gasteiger partial charge < -0.3 is 10.4 Å². The summed E-state index contributed by atoms with van der Waals surface area (Å²) >= 11 is 6.00. The van der Waals surface area contributed by atoms with Crippen molar-refractivity contribution < 1.29 is 18.3 Å². The summed E-state index contributed by atoms with van der Waals surface area (Å²) in [7, 11) is -3.46. The molecule has 27 heavy (non-hydrogen) atoms. The molecular weight excluding hydrogens is 392 g/mol. The first-order valence-electron chi connectivity index (χ1n) is 8.51. The minimum atomic E-state index is -3.46. The third-order valence-electron chi connectivity index (χ3n) is 4.32. The van der Waals surface area contributed by atoms with Gasteiger partial charge in [0, 0.05) is 16.9 Å². The van der Waals surface area contributed by atoms with Crippen LogP contribution in [-0.2, 0) is 10.0 Å². The number of carbonyl (C=O) groups is 1. The molecule has 0 unspecified atom stereocenters. The number of hydrogen-bond donors (Lipinski definition) is 3. The maximum absolute atomic E-state index is 12.5. The van der Waals surface area contributed by atoms with Crippen molar-refractivity contribution >= 4 is 38.9 Å². The molecule has 8 nitrogen and oxygen atoms in total. The Hall–Kier alpha value is -2.10. The van der Waals surface area contributed by atoms with Crippen molar-refractivity contribution in [1.82, 2.24) is 9.78 Å². The van der Waals surface area contributed by atoms with Crippen LogP contribution in [0.4, 0.5) is 11.4 Å². The standard InChI is InChI=1S/C17H21ClN4O4S/c1-27(25,26)21-14-6-12(18)5-13(7-14)20-17(24)11-9-19-22(10-11)15-3-2-4-16(23)8-15/h5-7,9-10,15-16,21,23H,2-4,8H2,1H3,(H,20,24)/t15-,16+/m0/s1. The molecule has 0 radical (unpaired) electrons. The van der Waals surface area contributed by atoms with E-state index in [1.165, 1.54) is 24.4 Å². The summed E-state index contributed by atoms with van der Waals surface area (Å²) in [5, 5.41) is 17.0. The third-order valence-corrected chi connectivity index (χ3v) is 5.14. The number of aliphatic hydroxyl groups excluding tert-OH is 1. The number of halogens is 1. The minimum Gasteiger partial charge on any atom is -0.393 e. The highest BCUT2D eigenvalue weighted by molar-refractivity contribution is 7.92. The zero-order chi connectivity index (χ0) is 19.6. The number of nitrogens with one attached hydrogen (secondary N) is 2. The second kappa shape index (κ2) is 7.87. The monoisotopic (exact) mass is 412 g/mol. The predicted octanol–water partition coefficient (Wildman–Crippen LogP) is 2.64. The van der Waals surface area contributed by atoms with Crippen LogP contribution in [0.3, 0.4) is 0 Å². The van der Waals surface area contributed by atoms with Crippen molar-refractivity contribution in [2.24, 2.45) is 0 Å². The Morgan fingerprint density at radius 3 is 2.74 bits per heavy atom. The summed E-state index contributed by atoms with van der Waals surface area (Å²) in [4.78, 5) is 12.5. The van der Waals surface area contributed by atoms with E-state index in [0.717, 1.165) is 25.5 Å². The number of rotatable bonds is 5. The van der Waals surface area contributed by atoms with Crippen molar-refractivity contribution in [3.8, 4) is 0 Å². The quantitative estimate of drug-likeness (QED) is 0.698. The molecule has 10 heteroatoms. The lowest BCUT2D eigenvalue weighted by atomic mass is 9.93. The molecule has 1 aromatic heterocycles. The van der Waals surface area contributed by atoms with E-state index >= 15 is 0 Å². The number of amides is 1. The number of benzene rings is 1. The summed E-state index contributed by atoms with van der Waals surface area (Å²) in [6.45, 7) is 0. The number of aromatic nitrogens is 2. The Morgan fingerprint density at radius 2 is 2.04 bits per heavy atom. The van der Waals surface area contributed by atoms with Gasteiger partial charge in [-0.2, -0.15) is 5.10 Å². The van der Waals surface area contributed by atoms with Gasteiger partial charge in [-0.25, -0.2) is 8.42 Å². The van der Waals surface area contributed by atoms with Gasteiger partial charge in [0.25, 0.3) is 5.91 Å². The number of anilines is 2. The van der Waals surface area contributed by atoms with Crippen LogP contribution in [0.25, 0.3) is 0 Å². The van der Waals surface area contributed by atoms with Crippen molar-refractivity contribution in [1.29, 1.82) is 0 Å². The molecule has 2 atom stereocenters. The van der Waals surface area contributed by atoms with E-state index in [1.54, 1.807) is 10.9 Å². The largest absolute Gasteiger partial charge is 0.393 e. The first-order chi connectivity index (χ1) is 12.7. The first kappa shape index (κ1) is 19.7. The highest BCUT2D eigenvalue weighted by Gasteiger charge is 2.23. The van der Waals surface area contributed by atoms with E-state index in [9.17, 15) is 18.3 Å². The highest BCUT2D eigenvalue weighted by Crippen LogP contribution is 2.28. The van der Waals surface area contributed by atoms with Crippen molar-refractivity contribution in [3.05, 3.63) is 41.2 Å². The molecule has 1 aliphatic rings. The molecule has 3 N–H and O–H groups in total. The molecule has 1 amide bonds. The van der Waals surface area contributed by atoms with Crippen LogP contribution < -0.4 is 10.0 Å². The Labute approximate surface area is 162 Å². The van der Waals surface area contributed by atoms with Crippen molar-refractivity contribution in [2.75, 3.05) is 16.3 Å². The Morgan fingerprint density at radius 1 is 1.30 bits per heavy atom. The van der Waals surface area contributed by atoms with Gasteiger partial charge in [-0.1, -0.05) is 11.6 Å². The molecule has 0 bridgehead atoms. The maximum atomic E-state index is 12.5. The summed E-state index contributed by atoms with van der Waals surface area (Å²) in [5.41, 5.74) is 0.985. The molecule has 1 heterocycles. The molecule has 0 aliphatic heterocycles. The molecule has 1 aliphatic carbocycles. The van der Waals surface area contributed by atoms with Crippen LogP contribution in [0.2, 0.25) is 5.02 Å². The van der Waals surface area contributed by atoms with Crippen LogP contribution in [0, 0.1) is 0 Å². The molecule has 1 fully saturated rings. The molecule has 0 spiro atoms. The van der Waals surface area contributed by atoms with Crippen molar-refractivity contribution in [2.45, 2.75) is 37.8 Å². The second-order valence-corrected chi connectivity index (χ2v) is 8.93. The Kier molecular flexibility index (Phi) is 5.73. The first-order valence-corrected chi connectivity index (χ1v) is 10.8. The van der Waals surface area contributed by atoms with E-state index < -0.39 is 10.0 Å². The van der Waals surface area contributed by atoms with Gasteiger partial charge in [-0.3, -0.25) is 14.2 Å². The van der Waals surface area contributed by atoms with Gasteiger partial charge in [0.05, 0.1) is 35.8 Å². The fourth-order valence-corrected chi connectivity index (χ4v) is 3.95. The van der Waals surface area contributed by atoms with E-state index in [1.807, 2.05) is 0 Å². The lowest BCUT2D eigenvalue weighted by Gasteiger charge is -2.25. The van der Waals surface area contributed by atoms with E-state index in [-0.39, 0.29) is 28.8 Å². The minimum absolute atomic E-state index is 0.0760. The second-order valence-electron chi connectivity index (χ2n) is 6.74. The fraction of sp³-hybridized carbons (Fsp3) is 0.412. The number of sulfonamides is 1. The summed E-state index contributed by atoms with van der Waals surface area (Å²) in [5.74, 6) is -0.384. The average Bonchev–Trinajstić information content (AvgIpc) is 3.02. The zero-order valence-corrected chi connectivity index (χ0v) is 16.3. The molecular formula is C17H21ClN4O4S. The van der Waals surface area contributed by atoms with E-state index in [4.69, 9.17) is 11.6 Å². The van der Waals surface area contributed by atoms with Gasteiger partial charge in [0.1, 0.15) is 0 Å². The molecule has 1 saturated carbocycles. The number of hydrogen-bond acceptors (Lipinski definition) is 5. The van der Waals surface area contributed by atoms with Gasteiger partial charge in [-0.15, -0.1) is 0 Å². The maximum Gasteiger partial charge on any atom is 0.258 e. The summed E-state index contributed by atoms with van der Waals surface area (Å²) < 4.78 is 26.8.